The molecule has 1 amide bonds. The van der Waals surface area contributed by atoms with Crippen LogP contribution in [0.3, 0.4) is 0 Å². The van der Waals surface area contributed by atoms with Gasteiger partial charge in [-0.1, -0.05) is 18.2 Å². The summed E-state index contributed by atoms with van der Waals surface area (Å²) < 4.78 is 28.1. The van der Waals surface area contributed by atoms with Crippen LogP contribution >= 0.6 is 11.3 Å². The number of benzene rings is 1. The first-order valence-electron chi connectivity index (χ1n) is 6.75. The van der Waals surface area contributed by atoms with E-state index in [1.807, 2.05) is 24.3 Å². The highest BCUT2D eigenvalue weighted by Gasteiger charge is 2.17. The van der Waals surface area contributed by atoms with Gasteiger partial charge in [0.05, 0.1) is 12.1 Å². The van der Waals surface area contributed by atoms with Crippen LogP contribution in [0.4, 0.5) is 0 Å². The highest BCUT2D eigenvalue weighted by Crippen LogP contribution is 2.26. The molecule has 0 unspecified atom stereocenters. The topological polar surface area (TPSA) is 98.5 Å². The summed E-state index contributed by atoms with van der Waals surface area (Å²) in [6.07, 6.45) is 1.79. The smallest absolute Gasteiger partial charge is 0.250 e. The van der Waals surface area contributed by atoms with Crippen LogP contribution in [-0.4, -0.2) is 20.9 Å². The molecule has 23 heavy (non-hydrogen) atoms. The molecule has 1 aliphatic rings. The second-order valence-corrected chi connectivity index (χ2v) is 7.90. The number of hydrogen-bond donors (Lipinski definition) is 2. The van der Waals surface area contributed by atoms with Gasteiger partial charge >= 0.3 is 0 Å². The maximum absolute atomic E-state index is 12.2. The van der Waals surface area contributed by atoms with Gasteiger partial charge in [-0.15, -0.1) is 11.3 Å². The zero-order chi connectivity index (χ0) is 16.4. The van der Waals surface area contributed by atoms with E-state index in [4.69, 9.17) is 9.88 Å². The average Bonchev–Trinajstić information content (AvgIpc) is 3.01. The summed E-state index contributed by atoms with van der Waals surface area (Å²) in [5.74, 6) is 0.505. The Hall–Kier alpha value is -2.16. The lowest BCUT2D eigenvalue weighted by atomic mass is 10.1. The number of carbonyl (C=O) groups is 1. The quantitative estimate of drug-likeness (QED) is 0.873. The summed E-state index contributed by atoms with van der Waals surface area (Å²) in [4.78, 5) is 12.9. The van der Waals surface area contributed by atoms with Crippen molar-refractivity contribution in [3.63, 3.8) is 0 Å². The Morgan fingerprint density at radius 3 is 2.78 bits per heavy atom. The first-order chi connectivity index (χ1) is 10.9. The highest BCUT2D eigenvalue weighted by atomic mass is 32.2. The minimum Gasteiger partial charge on any atom is -0.488 e. The third-order valence-electron chi connectivity index (χ3n) is 3.26. The monoisotopic (exact) mass is 350 g/mol. The van der Waals surface area contributed by atoms with Gasteiger partial charge in [0.15, 0.2) is 0 Å². The molecule has 8 heteroatoms. The number of nitrogens with two attached hydrogens (primary N) is 1. The Balaban J connectivity index is 1.67. The summed E-state index contributed by atoms with van der Waals surface area (Å²) in [7, 11) is -3.70. The van der Waals surface area contributed by atoms with Crippen molar-refractivity contribution in [2.24, 2.45) is 5.14 Å². The van der Waals surface area contributed by atoms with Crippen molar-refractivity contribution >= 4 is 33.3 Å². The number of nitrogens with one attached hydrogen (secondary N) is 1. The minimum atomic E-state index is -3.70. The van der Waals surface area contributed by atoms with Gasteiger partial charge in [0, 0.05) is 10.4 Å². The van der Waals surface area contributed by atoms with E-state index in [1.165, 1.54) is 6.07 Å². The molecule has 0 fully saturated rings. The predicted octanol–water partition coefficient (Wildman–Crippen LogP) is 1.49. The van der Waals surface area contributed by atoms with Crippen molar-refractivity contribution in [3.05, 3.63) is 52.4 Å². The van der Waals surface area contributed by atoms with Gasteiger partial charge in [0.1, 0.15) is 16.6 Å². The lowest BCUT2D eigenvalue weighted by Crippen LogP contribution is -2.27. The van der Waals surface area contributed by atoms with Gasteiger partial charge in [-0.2, -0.15) is 0 Å². The molecule has 2 heterocycles. The maximum atomic E-state index is 12.2. The summed E-state index contributed by atoms with van der Waals surface area (Å²) in [5.41, 5.74) is 1.38. The fourth-order valence-corrected chi connectivity index (χ4v) is 3.85. The zero-order valence-electron chi connectivity index (χ0n) is 12.0. The first kappa shape index (κ1) is 15.7. The molecule has 3 rings (SSSR count). The zero-order valence-corrected chi connectivity index (χ0v) is 13.6. The summed E-state index contributed by atoms with van der Waals surface area (Å²) >= 11 is 1.04. The van der Waals surface area contributed by atoms with Crippen molar-refractivity contribution in [3.8, 4) is 5.75 Å². The molecule has 0 saturated heterocycles. The van der Waals surface area contributed by atoms with Crippen molar-refractivity contribution in [2.75, 3.05) is 6.61 Å². The fraction of sp³-hybridized carbons (Fsp3) is 0.133. The number of para-hydroxylation sites is 1. The summed E-state index contributed by atoms with van der Waals surface area (Å²) in [6.45, 7) is 0.438. The van der Waals surface area contributed by atoms with E-state index in [0.717, 1.165) is 22.6 Å². The number of thiophene rings is 1. The lowest BCUT2D eigenvalue weighted by molar-refractivity contribution is -0.117. The SMILES string of the molecule is NS(=O)(=O)c1ccc(CNC(=O)C2=Cc3ccccc3OC2)s1. The van der Waals surface area contributed by atoms with E-state index in [2.05, 4.69) is 5.32 Å². The standard InChI is InChI=1S/C15H14N2O4S2/c16-23(19,20)14-6-5-12(22-14)8-17-15(18)11-7-10-3-1-2-4-13(10)21-9-11/h1-7H,8-9H2,(H,17,18)(H2,16,19,20). The van der Waals surface area contributed by atoms with Gasteiger partial charge in [-0.25, -0.2) is 13.6 Å². The normalized spacial score (nSPS) is 13.7. The van der Waals surface area contributed by atoms with Crippen LogP contribution < -0.4 is 15.2 Å². The molecule has 0 aliphatic carbocycles. The number of ether oxygens (including phenoxy) is 1. The Bertz CT molecular complexity index is 884. The highest BCUT2D eigenvalue weighted by molar-refractivity contribution is 7.91. The van der Waals surface area contributed by atoms with Gasteiger partial charge in [0.25, 0.3) is 5.91 Å². The van der Waals surface area contributed by atoms with Crippen LogP contribution in [0.1, 0.15) is 10.4 Å². The Kier molecular flexibility index (Phi) is 4.20. The van der Waals surface area contributed by atoms with Gasteiger partial charge in [-0.3, -0.25) is 4.79 Å². The molecule has 1 aromatic carbocycles. The van der Waals surface area contributed by atoms with Gasteiger partial charge < -0.3 is 10.1 Å². The van der Waals surface area contributed by atoms with Crippen LogP contribution in [0.15, 0.2) is 46.2 Å². The average molecular weight is 350 g/mol. The molecule has 120 valence electrons. The Labute approximate surface area is 137 Å². The molecule has 0 atom stereocenters. The second-order valence-electron chi connectivity index (χ2n) is 4.94. The Morgan fingerprint density at radius 1 is 1.26 bits per heavy atom. The molecule has 3 N–H and O–H groups in total. The second kappa shape index (κ2) is 6.15. The van der Waals surface area contributed by atoms with Crippen molar-refractivity contribution in [2.45, 2.75) is 10.8 Å². The first-order valence-corrected chi connectivity index (χ1v) is 9.12. The molecule has 0 bridgehead atoms. The molecular formula is C15H14N2O4S2. The lowest BCUT2D eigenvalue weighted by Gasteiger charge is -2.17. The maximum Gasteiger partial charge on any atom is 0.250 e. The van der Waals surface area contributed by atoms with Crippen LogP contribution in [0.5, 0.6) is 5.75 Å². The molecule has 1 aliphatic heterocycles. The van der Waals surface area contributed by atoms with Crippen molar-refractivity contribution in [1.82, 2.24) is 5.32 Å². The molecule has 2 aromatic rings. The fourth-order valence-electron chi connectivity index (χ4n) is 2.13. The van der Waals surface area contributed by atoms with E-state index < -0.39 is 10.0 Å². The minimum absolute atomic E-state index is 0.0795. The molecule has 0 saturated carbocycles. The van der Waals surface area contributed by atoms with Crippen molar-refractivity contribution < 1.29 is 17.9 Å². The summed E-state index contributed by atoms with van der Waals surface area (Å²) in [5, 5.41) is 7.81. The van der Waals surface area contributed by atoms with E-state index in [9.17, 15) is 13.2 Å². The Morgan fingerprint density at radius 2 is 2.04 bits per heavy atom. The third kappa shape index (κ3) is 3.61. The molecule has 6 nitrogen and oxygen atoms in total. The van der Waals surface area contributed by atoms with E-state index in [-0.39, 0.29) is 23.3 Å². The van der Waals surface area contributed by atoms with E-state index >= 15 is 0 Å². The van der Waals surface area contributed by atoms with E-state index in [0.29, 0.717) is 10.5 Å². The van der Waals surface area contributed by atoms with Gasteiger partial charge in [-0.05, 0) is 24.3 Å². The largest absolute Gasteiger partial charge is 0.488 e. The molecule has 0 radical (unpaired) electrons. The molecular weight excluding hydrogens is 336 g/mol. The number of rotatable bonds is 4. The number of amides is 1. The number of hydrogen-bond acceptors (Lipinski definition) is 5. The molecule has 0 spiro atoms. The number of fused-ring (bicyclic) bond motifs is 1. The van der Waals surface area contributed by atoms with Crippen LogP contribution in [0.2, 0.25) is 0 Å². The van der Waals surface area contributed by atoms with Crippen LogP contribution in [0.25, 0.3) is 6.08 Å². The number of sulfonamides is 1. The number of primary sulfonamides is 1. The summed E-state index contributed by atoms with van der Waals surface area (Å²) in [6, 6.07) is 10.5. The third-order valence-corrected chi connectivity index (χ3v) is 5.79. The predicted molar refractivity (Wildman–Crippen MR) is 87.5 cm³/mol. The van der Waals surface area contributed by atoms with Crippen molar-refractivity contribution in [1.29, 1.82) is 0 Å². The number of carbonyl (C=O) groups excluding carboxylic acids is 1. The van der Waals surface area contributed by atoms with Gasteiger partial charge in [0.2, 0.25) is 10.0 Å². The van der Waals surface area contributed by atoms with Crippen LogP contribution in [-0.2, 0) is 21.4 Å². The van der Waals surface area contributed by atoms with E-state index in [1.54, 1.807) is 12.1 Å². The van der Waals surface area contributed by atoms with Crippen LogP contribution in [0, 0.1) is 0 Å². The molecule has 1 aromatic heterocycles.